The molecule has 1 heterocycles. The molecule has 2 aromatic carbocycles. The van der Waals surface area contributed by atoms with E-state index >= 15 is 0 Å². The summed E-state index contributed by atoms with van der Waals surface area (Å²) in [5, 5.41) is 0.612. The van der Waals surface area contributed by atoms with Crippen molar-refractivity contribution in [3.63, 3.8) is 0 Å². The summed E-state index contributed by atoms with van der Waals surface area (Å²) < 4.78 is 11.0. The van der Waals surface area contributed by atoms with Crippen LogP contribution >= 0.6 is 0 Å². The normalized spacial score (nSPS) is 10.8. The molecule has 0 atom stereocenters. The molecule has 0 amide bonds. The van der Waals surface area contributed by atoms with Crippen LogP contribution in [0.3, 0.4) is 0 Å². The molecule has 3 aromatic rings. The van der Waals surface area contributed by atoms with E-state index in [4.69, 9.17) is 9.15 Å². The summed E-state index contributed by atoms with van der Waals surface area (Å²) in [6.45, 7) is 4.52. The van der Waals surface area contributed by atoms with E-state index in [-0.39, 0.29) is 5.43 Å². The van der Waals surface area contributed by atoms with Crippen LogP contribution in [0.5, 0.6) is 5.75 Å². The summed E-state index contributed by atoms with van der Waals surface area (Å²) in [5.74, 6) is 0.794. The molecule has 0 aliphatic rings. The van der Waals surface area contributed by atoms with E-state index < -0.39 is 0 Å². The second-order valence-corrected chi connectivity index (χ2v) is 4.94. The monoisotopic (exact) mass is 280 g/mol. The number of hydrogen-bond donors (Lipinski definition) is 0. The Morgan fingerprint density at radius 1 is 1.10 bits per heavy atom. The second kappa shape index (κ2) is 5.44. The van der Waals surface area contributed by atoms with Crippen LogP contribution in [0.15, 0.2) is 57.9 Å². The van der Waals surface area contributed by atoms with Gasteiger partial charge in [-0.15, -0.1) is 0 Å². The molecule has 0 spiro atoms. The molecule has 1 aromatic heterocycles. The molecule has 0 bridgehead atoms. The third kappa shape index (κ3) is 2.55. The Labute approximate surface area is 122 Å². The smallest absolute Gasteiger partial charge is 0.200 e. The van der Waals surface area contributed by atoms with Crippen molar-refractivity contribution in [3.05, 3.63) is 64.5 Å². The standard InChI is InChI=1S/C18H16O3/c1-3-20-14-7-5-13(6-8-14)16-11-21-17-9-4-12(2)10-15(17)18(16)19/h4-11H,3H2,1-2H3. The van der Waals surface area contributed by atoms with Crippen molar-refractivity contribution in [2.75, 3.05) is 6.61 Å². The molecular formula is C18H16O3. The molecule has 3 rings (SSSR count). The minimum Gasteiger partial charge on any atom is -0.494 e. The Hall–Kier alpha value is -2.55. The largest absolute Gasteiger partial charge is 0.494 e. The molecule has 106 valence electrons. The van der Waals surface area contributed by atoms with Gasteiger partial charge in [-0.1, -0.05) is 23.8 Å². The first-order chi connectivity index (χ1) is 10.2. The second-order valence-electron chi connectivity index (χ2n) is 4.94. The molecule has 0 N–H and O–H groups in total. The van der Waals surface area contributed by atoms with Crippen LogP contribution < -0.4 is 10.2 Å². The van der Waals surface area contributed by atoms with E-state index in [0.29, 0.717) is 23.1 Å². The number of benzene rings is 2. The van der Waals surface area contributed by atoms with Gasteiger partial charge in [0.05, 0.1) is 17.6 Å². The molecule has 0 unspecified atom stereocenters. The Morgan fingerprint density at radius 3 is 2.57 bits per heavy atom. The number of rotatable bonds is 3. The summed E-state index contributed by atoms with van der Waals surface area (Å²) in [6, 6.07) is 13.1. The van der Waals surface area contributed by atoms with Gasteiger partial charge in [0.1, 0.15) is 17.6 Å². The van der Waals surface area contributed by atoms with Crippen molar-refractivity contribution in [2.45, 2.75) is 13.8 Å². The molecule has 3 nitrogen and oxygen atoms in total. The quantitative estimate of drug-likeness (QED) is 0.723. The zero-order valence-corrected chi connectivity index (χ0v) is 12.1. The Bertz CT molecular complexity index is 829. The third-order valence-corrected chi connectivity index (χ3v) is 3.40. The molecule has 0 aliphatic carbocycles. The maximum absolute atomic E-state index is 12.6. The fourth-order valence-corrected chi connectivity index (χ4v) is 2.34. The van der Waals surface area contributed by atoms with E-state index in [2.05, 4.69) is 0 Å². The predicted octanol–water partition coefficient (Wildman–Crippen LogP) is 4.17. The average molecular weight is 280 g/mol. The highest BCUT2D eigenvalue weighted by Gasteiger charge is 2.09. The molecule has 0 saturated carbocycles. The van der Waals surface area contributed by atoms with Gasteiger partial charge in [-0.05, 0) is 43.7 Å². The zero-order valence-electron chi connectivity index (χ0n) is 12.1. The van der Waals surface area contributed by atoms with Crippen LogP contribution in [0.2, 0.25) is 0 Å². The number of fused-ring (bicyclic) bond motifs is 1. The van der Waals surface area contributed by atoms with Gasteiger partial charge in [0.25, 0.3) is 0 Å². The lowest BCUT2D eigenvalue weighted by Gasteiger charge is -2.06. The molecule has 0 fully saturated rings. The number of aryl methyl sites for hydroxylation is 1. The van der Waals surface area contributed by atoms with Crippen LogP contribution in [0.1, 0.15) is 12.5 Å². The van der Waals surface area contributed by atoms with Crippen molar-refractivity contribution in [3.8, 4) is 16.9 Å². The van der Waals surface area contributed by atoms with Crippen LogP contribution in [0.25, 0.3) is 22.1 Å². The van der Waals surface area contributed by atoms with Gasteiger partial charge < -0.3 is 9.15 Å². The van der Waals surface area contributed by atoms with Gasteiger partial charge in [0, 0.05) is 0 Å². The molecule has 0 radical (unpaired) electrons. The van der Waals surface area contributed by atoms with Gasteiger partial charge in [0.2, 0.25) is 0 Å². The van der Waals surface area contributed by atoms with Gasteiger partial charge >= 0.3 is 0 Å². The minimum absolute atomic E-state index is 0.0101. The van der Waals surface area contributed by atoms with E-state index in [1.165, 1.54) is 6.26 Å². The van der Waals surface area contributed by atoms with Gasteiger partial charge in [-0.25, -0.2) is 0 Å². The van der Waals surface area contributed by atoms with E-state index in [9.17, 15) is 4.79 Å². The number of hydrogen-bond acceptors (Lipinski definition) is 3. The maximum Gasteiger partial charge on any atom is 0.200 e. The molecule has 3 heteroatoms. The SMILES string of the molecule is CCOc1ccc(-c2coc3ccc(C)cc3c2=O)cc1. The van der Waals surface area contributed by atoms with Crippen molar-refractivity contribution in [2.24, 2.45) is 0 Å². The first-order valence-electron chi connectivity index (χ1n) is 6.94. The Balaban J connectivity index is 2.12. The predicted molar refractivity (Wildman–Crippen MR) is 83.8 cm³/mol. The van der Waals surface area contributed by atoms with E-state index in [1.807, 2.05) is 56.3 Å². The highest BCUT2D eigenvalue weighted by atomic mass is 16.5. The van der Waals surface area contributed by atoms with Crippen molar-refractivity contribution >= 4 is 11.0 Å². The Kier molecular flexibility index (Phi) is 3.48. The van der Waals surface area contributed by atoms with Gasteiger partial charge in [-0.3, -0.25) is 4.79 Å². The molecule has 21 heavy (non-hydrogen) atoms. The van der Waals surface area contributed by atoms with Crippen LogP contribution in [0, 0.1) is 6.92 Å². The molecular weight excluding hydrogens is 264 g/mol. The lowest BCUT2D eigenvalue weighted by molar-refractivity contribution is 0.340. The molecule has 0 aliphatic heterocycles. The topological polar surface area (TPSA) is 39.4 Å². The summed E-state index contributed by atoms with van der Waals surface area (Å²) in [7, 11) is 0. The summed E-state index contributed by atoms with van der Waals surface area (Å²) >= 11 is 0. The number of ether oxygens (including phenoxy) is 1. The van der Waals surface area contributed by atoms with Crippen molar-refractivity contribution in [1.29, 1.82) is 0 Å². The van der Waals surface area contributed by atoms with E-state index in [1.54, 1.807) is 0 Å². The van der Waals surface area contributed by atoms with E-state index in [0.717, 1.165) is 16.9 Å². The first kappa shape index (κ1) is 13.4. The van der Waals surface area contributed by atoms with Gasteiger partial charge in [-0.2, -0.15) is 0 Å². The average Bonchev–Trinajstić information content (AvgIpc) is 2.50. The van der Waals surface area contributed by atoms with Gasteiger partial charge in [0.15, 0.2) is 5.43 Å². The van der Waals surface area contributed by atoms with Crippen LogP contribution in [-0.4, -0.2) is 6.61 Å². The lowest BCUT2D eigenvalue weighted by Crippen LogP contribution is -2.05. The minimum atomic E-state index is -0.0101. The Morgan fingerprint density at radius 2 is 1.86 bits per heavy atom. The molecule has 0 saturated heterocycles. The highest BCUT2D eigenvalue weighted by molar-refractivity contribution is 5.82. The maximum atomic E-state index is 12.6. The van der Waals surface area contributed by atoms with Crippen molar-refractivity contribution < 1.29 is 9.15 Å². The first-order valence-corrected chi connectivity index (χ1v) is 6.94. The highest BCUT2D eigenvalue weighted by Crippen LogP contribution is 2.22. The zero-order chi connectivity index (χ0) is 14.8. The fourth-order valence-electron chi connectivity index (χ4n) is 2.34. The summed E-state index contributed by atoms with van der Waals surface area (Å²) in [5.41, 5.74) is 3.04. The van der Waals surface area contributed by atoms with Crippen LogP contribution in [-0.2, 0) is 0 Å². The fraction of sp³-hybridized carbons (Fsp3) is 0.167. The van der Waals surface area contributed by atoms with Crippen molar-refractivity contribution in [1.82, 2.24) is 0 Å². The third-order valence-electron chi connectivity index (χ3n) is 3.40. The lowest BCUT2D eigenvalue weighted by atomic mass is 10.0. The van der Waals surface area contributed by atoms with Crippen LogP contribution in [0.4, 0.5) is 0 Å². The summed E-state index contributed by atoms with van der Waals surface area (Å²) in [4.78, 5) is 12.6. The summed E-state index contributed by atoms with van der Waals surface area (Å²) in [6.07, 6.45) is 1.52.